The summed E-state index contributed by atoms with van der Waals surface area (Å²) >= 11 is 0. The molecule has 1 saturated carbocycles. The van der Waals surface area contributed by atoms with Gasteiger partial charge < -0.3 is 21.1 Å². The number of primary amides is 1. The molecule has 0 radical (unpaired) electrons. The smallest absolute Gasteiger partial charge is 0.239 e. The first-order chi connectivity index (χ1) is 8.52. The lowest BCUT2D eigenvalue weighted by atomic mass is 9.92. The van der Waals surface area contributed by atoms with Crippen molar-refractivity contribution in [2.45, 2.75) is 31.2 Å². The second-order valence-corrected chi connectivity index (χ2v) is 5.93. The maximum Gasteiger partial charge on any atom is 0.239 e. The van der Waals surface area contributed by atoms with Crippen molar-refractivity contribution in [1.29, 1.82) is 0 Å². The highest BCUT2D eigenvalue weighted by molar-refractivity contribution is 5.85. The Bertz CT molecular complexity index is 301. The minimum Gasteiger partial charge on any atom is -0.381 e. The minimum absolute atomic E-state index is 0.284. The van der Waals surface area contributed by atoms with E-state index >= 15 is 0 Å². The summed E-state index contributed by atoms with van der Waals surface area (Å²) in [6, 6.07) is 0. The molecule has 0 spiro atoms. The molecule has 0 bridgehead atoms. The standard InChI is InChI=1S/C13H25N3O2/c1-16(8-10-4-6-18-7-5-10)9-13(15,12(14)17)11-2-3-11/h10-11H,2-9,15H2,1H3,(H2,14,17). The molecule has 5 nitrogen and oxygen atoms in total. The Labute approximate surface area is 109 Å². The van der Waals surface area contributed by atoms with Crippen molar-refractivity contribution in [1.82, 2.24) is 4.90 Å². The topological polar surface area (TPSA) is 81.6 Å². The highest BCUT2D eigenvalue weighted by atomic mass is 16.5. The molecule has 1 heterocycles. The number of hydrogen-bond acceptors (Lipinski definition) is 4. The van der Waals surface area contributed by atoms with E-state index < -0.39 is 5.54 Å². The average Bonchev–Trinajstić information content (AvgIpc) is 3.13. The molecule has 1 saturated heterocycles. The Morgan fingerprint density at radius 2 is 1.94 bits per heavy atom. The van der Waals surface area contributed by atoms with E-state index in [1.54, 1.807) is 0 Å². The van der Waals surface area contributed by atoms with Gasteiger partial charge in [0, 0.05) is 26.3 Å². The lowest BCUT2D eigenvalue weighted by Crippen LogP contribution is -2.60. The summed E-state index contributed by atoms with van der Waals surface area (Å²) in [5.41, 5.74) is 10.9. The monoisotopic (exact) mass is 255 g/mol. The SMILES string of the molecule is CN(CC1CCOCC1)CC(N)(C(N)=O)C1CC1. The zero-order valence-corrected chi connectivity index (χ0v) is 11.2. The van der Waals surface area contributed by atoms with Crippen molar-refractivity contribution in [3.63, 3.8) is 0 Å². The maximum atomic E-state index is 11.6. The molecule has 1 aliphatic heterocycles. The third kappa shape index (κ3) is 3.22. The van der Waals surface area contributed by atoms with Crippen molar-refractivity contribution in [2.24, 2.45) is 23.3 Å². The first kappa shape index (κ1) is 13.8. The fourth-order valence-electron chi connectivity index (χ4n) is 2.89. The third-order valence-corrected chi connectivity index (χ3v) is 4.21. The summed E-state index contributed by atoms with van der Waals surface area (Å²) in [4.78, 5) is 13.7. The number of carbonyl (C=O) groups excluding carboxylic acids is 1. The van der Waals surface area contributed by atoms with E-state index in [9.17, 15) is 4.79 Å². The van der Waals surface area contributed by atoms with Crippen LogP contribution in [0, 0.1) is 11.8 Å². The summed E-state index contributed by atoms with van der Waals surface area (Å²) in [6.07, 6.45) is 4.26. The fraction of sp³-hybridized carbons (Fsp3) is 0.923. The maximum absolute atomic E-state index is 11.6. The van der Waals surface area contributed by atoms with Crippen LogP contribution in [-0.2, 0) is 9.53 Å². The molecular formula is C13H25N3O2. The summed E-state index contributed by atoms with van der Waals surface area (Å²) in [5, 5.41) is 0. The van der Waals surface area contributed by atoms with Gasteiger partial charge in [-0.2, -0.15) is 0 Å². The molecule has 0 aromatic carbocycles. The lowest BCUT2D eigenvalue weighted by Gasteiger charge is -2.33. The van der Waals surface area contributed by atoms with Crippen LogP contribution in [0.3, 0.4) is 0 Å². The zero-order chi connectivity index (χ0) is 13.2. The summed E-state index contributed by atoms with van der Waals surface area (Å²) in [5.74, 6) is 0.580. The van der Waals surface area contributed by atoms with Crippen LogP contribution in [-0.4, -0.2) is 49.7 Å². The molecule has 18 heavy (non-hydrogen) atoms. The van der Waals surface area contributed by atoms with Crippen LogP contribution < -0.4 is 11.5 Å². The highest BCUT2D eigenvalue weighted by Crippen LogP contribution is 2.38. The first-order valence-electron chi connectivity index (χ1n) is 6.87. The van der Waals surface area contributed by atoms with Crippen molar-refractivity contribution < 1.29 is 9.53 Å². The van der Waals surface area contributed by atoms with Gasteiger partial charge in [-0.3, -0.25) is 4.79 Å². The van der Waals surface area contributed by atoms with E-state index in [0.717, 1.165) is 45.4 Å². The van der Waals surface area contributed by atoms with Gasteiger partial charge in [-0.15, -0.1) is 0 Å². The molecular weight excluding hydrogens is 230 g/mol. The number of nitrogens with zero attached hydrogens (tertiary/aromatic N) is 1. The van der Waals surface area contributed by atoms with Crippen LogP contribution in [0.25, 0.3) is 0 Å². The molecule has 1 amide bonds. The predicted octanol–water partition coefficient (Wildman–Crippen LogP) is -0.0624. The molecule has 0 aromatic rings. The Morgan fingerprint density at radius 1 is 1.33 bits per heavy atom. The second-order valence-electron chi connectivity index (χ2n) is 5.93. The van der Waals surface area contributed by atoms with E-state index in [4.69, 9.17) is 16.2 Å². The van der Waals surface area contributed by atoms with Crippen LogP contribution in [0.5, 0.6) is 0 Å². The largest absolute Gasteiger partial charge is 0.381 e. The van der Waals surface area contributed by atoms with E-state index in [1.165, 1.54) is 0 Å². The van der Waals surface area contributed by atoms with E-state index in [0.29, 0.717) is 12.5 Å². The molecule has 1 atom stereocenters. The number of ether oxygens (including phenoxy) is 1. The molecule has 5 heteroatoms. The molecule has 2 fully saturated rings. The molecule has 4 N–H and O–H groups in total. The van der Waals surface area contributed by atoms with Gasteiger partial charge in [0.25, 0.3) is 0 Å². The molecule has 1 unspecified atom stereocenters. The quantitative estimate of drug-likeness (QED) is 0.696. The summed E-state index contributed by atoms with van der Waals surface area (Å²) < 4.78 is 5.35. The van der Waals surface area contributed by atoms with Gasteiger partial charge in [-0.1, -0.05) is 0 Å². The molecule has 2 rings (SSSR count). The van der Waals surface area contributed by atoms with Gasteiger partial charge >= 0.3 is 0 Å². The molecule has 1 aliphatic carbocycles. The lowest BCUT2D eigenvalue weighted by molar-refractivity contribution is -0.124. The summed E-state index contributed by atoms with van der Waals surface area (Å²) in [7, 11) is 2.03. The minimum atomic E-state index is -0.833. The number of hydrogen-bond donors (Lipinski definition) is 2. The van der Waals surface area contributed by atoms with E-state index in [-0.39, 0.29) is 11.8 Å². The van der Waals surface area contributed by atoms with Gasteiger partial charge in [0.2, 0.25) is 5.91 Å². The van der Waals surface area contributed by atoms with Gasteiger partial charge in [-0.25, -0.2) is 0 Å². The molecule has 2 aliphatic rings. The summed E-state index contributed by atoms with van der Waals surface area (Å²) in [6.45, 7) is 3.25. The Balaban J connectivity index is 1.84. The van der Waals surface area contributed by atoms with Crippen molar-refractivity contribution in [3.05, 3.63) is 0 Å². The third-order valence-electron chi connectivity index (χ3n) is 4.21. The van der Waals surface area contributed by atoms with Crippen LogP contribution in [0.2, 0.25) is 0 Å². The second kappa shape index (κ2) is 5.55. The fourth-order valence-corrected chi connectivity index (χ4v) is 2.89. The van der Waals surface area contributed by atoms with Crippen LogP contribution in [0.1, 0.15) is 25.7 Å². The van der Waals surface area contributed by atoms with Crippen LogP contribution >= 0.6 is 0 Å². The van der Waals surface area contributed by atoms with Crippen molar-refractivity contribution in [3.8, 4) is 0 Å². The normalized spacial score (nSPS) is 25.1. The Hall–Kier alpha value is -0.650. The van der Waals surface area contributed by atoms with Gasteiger partial charge in [0.15, 0.2) is 0 Å². The number of nitrogens with two attached hydrogens (primary N) is 2. The highest BCUT2D eigenvalue weighted by Gasteiger charge is 2.47. The van der Waals surface area contributed by atoms with E-state index in [1.807, 2.05) is 7.05 Å². The number of amides is 1. The average molecular weight is 255 g/mol. The number of rotatable bonds is 6. The molecule has 104 valence electrons. The van der Waals surface area contributed by atoms with Gasteiger partial charge in [0.1, 0.15) is 5.54 Å². The number of likely N-dealkylation sites (N-methyl/N-ethyl adjacent to an activating group) is 1. The van der Waals surface area contributed by atoms with Gasteiger partial charge in [-0.05, 0) is 44.6 Å². The van der Waals surface area contributed by atoms with Crippen LogP contribution in [0.4, 0.5) is 0 Å². The Kier molecular flexibility index (Phi) is 4.25. The zero-order valence-electron chi connectivity index (χ0n) is 11.2. The first-order valence-corrected chi connectivity index (χ1v) is 6.87. The predicted molar refractivity (Wildman–Crippen MR) is 69.9 cm³/mol. The van der Waals surface area contributed by atoms with Crippen LogP contribution in [0.15, 0.2) is 0 Å². The van der Waals surface area contributed by atoms with Crippen molar-refractivity contribution >= 4 is 5.91 Å². The Morgan fingerprint density at radius 3 is 2.44 bits per heavy atom. The van der Waals surface area contributed by atoms with Crippen molar-refractivity contribution in [2.75, 3.05) is 33.4 Å². The molecule has 0 aromatic heterocycles. The van der Waals surface area contributed by atoms with E-state index in [2.05, 4.69) is 4.90 Å². The number of carbonyl (C=O) groups is 1. The van der Waals surface area contributed by atoms with Gasteiger partial charge in [0.05, 0.1) is 0 Å².